The summed E-state index contributed by atoms with van der Waals surface area (Å²) in [5.74, 6) is 0.0330. The van der Waals surface area contributed by atoms with Gasteiger partial charge in [-0.1, -0.05) is 17.7 Å². The van der Waals surface area contributed by atoms with Crippen LogP contribution in [0.2, 0.25) is 0 Å². The van der Waals surface area contributed by atoms with E-state index in [1.807, 2.05) is 32.0 Å². The van der Waals surface area contributed by atoms with Crippen LogP contribution >= 0.6 is 11.3 Å². The van der Waals surface area contributed by atoms with Crippen molar-refractivity contribution in [3.8, 4) is 0 Å². The van der Waals surface area contributed by atoms with Gasteiger partial charge in [0.1, 0.15) is 0 Å². The van der Waals surface area contributed by atoms with E-state index in [1.54, 1.807) is 11.3 Å². The molecule has 23 heavy (non-hydrogen) atoms. The molecule has 2 heterocycles. The number of aryl methyl sites for hydroxylation is 2. The van der Waals surface area contributed by atoms with E-state index in [2.05, 4.69) is 27.0 Å². The molecule has 0 saturated carbocycles. The fourth-order valence-electron chi connectivity index (χ4n) is 3.24. The van der Waals surface area contributed by atoms with E-state index in [-0.39, 0.29) is 11.9 Å². The van der Waals surface area contributed by atoms with Gasteiger partial charge in [-0.25, -0.2) is 0 Å². The van der Waals surface area contributed by atoms with E-state index in [4.69, 9.17) is 0 Å². The van der Waals surface area contributed by atoms with Crippen LogP contribution in [0.1, 0.15) is 45.9 Å². The maximum atomic E-state index is 12.6. The zero-order valence-electron chi connectivity index (χ0n) is 13.8. The summed E-state index contributed by atoms with van der Waals surface area (Å²) in [4.78, 5) is 15.1. The van der Waals surface area contributed by atoms with Gasteiger partial charge >= 0.3 is 0 Å². The smallest absolute Gasteiger partial charge is 0.251 e. The monoisotopic (exact) mass is 328 g/mol. The minimum atomic E-state index is 0.0330. The van der Waals surface area contributed by atoms with Gasteiger partial charge < -0.3 is 5.32 Å². The Morgan fingerprint density at radius 1 is 1.26 bits per heavy atom. The fraction of sp³-hybridized carbons (Fsp3) is 0.421. The molecule has 1 aromatic heterocycles. The number of hydrogen-bond acceptors (Lipinski definition) is 3. The second-order valence-corrected chi connectivity index (χ2v) is 7.12. The van der Waals surface area contributed by atoms with Crippen LogP contribution in [0.25, 0.3) is 0 Å². The molecule has 1 aliphatic heterocycles. The number of hydrogen-bond donors (Lipinski definition) is 1. The zero-order chi connectivity index (χ0) is 16.2. The van der Waals surface area contributed by atoms with Gasteiger partial charge in [0.2, 0.25) is 0 Å². The van der Waals surface area contributed by atoms with Crippen molar-refractivity contribution < 1.29 is 4.79 Å². The number of carbonyl (C=O) groups is 1. The van der Waals surface area contributed by atoms with Crippen LogP contribution in [0.3, 0.4) is 0 Å². The van der Waals surface area contributed by atoms with Crippen molar-refractivity contribution in [3.63, 3.8) is 0 Å². The number of likely N-dealkylation sites (tertiary alicyclic amines) is 1. The van der Waals surface area contributed by atoms with Gasteiger partial charge in [-0.2, -0.15) is 11.3 Å². The van der Waals surface area contributed by atoms with Crippen LogP contribution in [0.5, 0.6) is 0 Å². The van der Waals surface area contributed by atoms with Crippen molar-refractivity contribution in [1.29, 1.82) is 0 Å². The molecule has 0 radical (unpaired) electrons. The Morgan fingerprint density at radius 3 is 2.74 bits per heavy atom. The molecule has 0 spiro atoms. The van der Waals surface area contributed by atoms with E-state index >= 15 is 0 Å². The van der Waals surface area contributed by atoms with E-state index in [0.29, 0.717) is 6.54 Å². The van der Waals surface area contributed by atoms with Gasteiger partial charge in [-0.3, -0.25) is 9.69 Å². The summed E-state index contributed by atoms with van der Waals surface area (Å²) < 4.78 is 0. The van der Waals surface area contributed by atoms with Crippen molar-refractivity contribution in [2.45, 2.75) is 32.7 Å². The molecule has 1 N–H and O–H groups in total. The first-order valence-corrected chi connectivity index (χ1v) is 9.21. The lowest BCUT2D eigenvalue weighted by Gasteiger charge is -2.27. The van der Waals surface area contributed by atoms with Crippen LogP contribution < -0.4 is 5.32 Å². The average Bonchev–Trinajstić information content (AvgIpc) is 3.23. The largest absolute Gasteiger partial charge is 0.350 e. The molecule has 122 valence electrons. The first-order chi connectivity index (χ1) is 11.1. The molecule has 1 amide bonds. The summed E-state index contributed by atoms with van der Waals surface area (Å²) in [6.07, 6.45) is 2.51. The highest BCUT2D eigenvalue weighted by atomic mass is 32.1. The molecule has 1 aromatic carbocycles. The Morgan fingerprint density at radius 2 is 2.04 bits per heavy atom. The predicted molar refractivity (Wildman–Crippen MR) is 96.1 cm³/mol. The number of nitrogens with zero attached hydrogens (tertiary/aromatic N) is 1. The van der Waals surface area contributed by atoms with Crippen molar-refractivity contribution >= 4 is 17.2 Å². The highest BCUT2D eigenvalue weighted by molar-refractivity contribution is 7.07. The number of benzene rings is 1. The number of nitrogens with one attached hydrogen (secondary N) is 1. The van der Waals surface area contributed by atoms with E-state index in [0.717, 1.165) is 29.8 Å². The Labute approximate surface area is 142 Å². The Hall–Kier alpha value is -1.65. The van der Waals surface area contributed by atoms with Gasteiger partial charge in [0.25, 0.3) is 5.91 Å². The third kappa shape index (κ3) is 3.82. The number of carbonyl (C=O) groups excluding carboxylic acids is 1. The van der Waals surface area contributed by atoms with E-state index in [1.165, 1.54) is 18.4 Å². The van der Waals surface area contributed by atoms with Crippen molar-refractivity contribution in [2.75, 3.05) is 19.6 Å². The highest BCUT2D eigenvalue weighted by Gasteiger charge is 2.24. The van der Waals surface area contributed by atoms with Crippen LogP contribution in [0.4, 0.5) is 0 Å². The van der Waals surface area contributed by atoms with Crippen LogP contribution in [0, 0.1) is 13.8 Å². The lowest BCUT2D eigenvalue weighted by molar-refractivity contribution is 0.0937. The molecule has 1 unspecified atom stereocenters. The molecule has 1 aliphatic rings. The Bertz CT molecular complexity index is 660. The Balaban J connectivity index is 1.71. The van der Waals surface area contributed by atoms with E-state index in [9.17, 15) is 4.79 Å². The molecule has 4 heteroatoms. The molecule has 3 rings (SSSR count). The maximum Gasteiger partial charge on any atom is 0.251 e. The third-order valence-corrected chi connectivity index (χ3v) is 5.30. The summed E-state index contributed by atoms with van der Waals surface area (Å²) in [7, 11) is 0. The van der Waals surface area contributed by atoms with E-state index < -0.39 is 0 Å². The normalized spacial score (nSPS) is 16.4. The van der Waals surface area contributed by atoms with Gasteiger partial charge in [-0.15, -0.1) is 0 Å². The zero-order valence-corrected chi connectivity index (χ0v) is 14.7. The number of amides is 1. The number of thiophene rings is 1. The summed E-state index contributed by atoms with van der Waals surface area (Å²) in [5, 5.41) is 7.47. The van der Waals surface area contributed by atoms with Crippen LogP contribution in [-0.4, -0.2) is 30.4 Å². The second-order valence-electron chi connectivity index (χ2n) is 6.34. The molecule has 0 bridgehead atoms. The predicted octanol–water partition coefficient (Wildman–Crippen LogP) is 3.93. The quantitative estimate of drug-likeness (QED) is 0.902. The topological polar surface area (TPSA) is 32.3 Å². The fourth-order valence-corrected chi connectivity index (χ4v) is 3.95. The molecule has 0 aliphatic carbocycles. The molecule has 2 aromatic rings. The molecule has 1 atom stereocenters. The van der Waals surface area contributed by atoms with Crippen molar-refractivity contribution in [3.05, 3.63) is 57.3 Å². The minimum absolute atomic E-state index is 0.0330. The third-order valence-electron chi connectivity index (χ3n) is 4.60. The SMILES string of the molecule is Cc1ccc(C)c(C(=O)NCC(c2ccsc2)N2CCCC2)c1. The standard InChI is InChI=1S/C19H24N2OS/c1-14-5-6-15(2)17(11-14)19(22)20-12-18(16-7-10-23-13-16)21-8-3-4-9-21/h5-7,10-11,13,18H,3-4,8-9,12H2,1-2H3,(H,20,22). The summed E-state index contributed by atoms with van der Waals surface area (Å²) in [6.45, 7) is 6.93. The first kappa shape index (κ1) is 16.2. The van der Waals surface area contributed by atoms with Crippen LogP contribution in [0.15, 0.2) is 35.0 Å². The minimum Gasteiger partial charge on any atom is -0.350 e. The van der Waals surface area contributed by atoms with Crippen molar-refractivity contribution in [2.24, 2.45) is 0 Å². The summed E-state index contributed by atoms with van der Waals surface area (Å²) in [6, 6.07) is 8.50. The first-order valence-electron chi connectivity index (χ1n) is 8.27. The average molecular weight is 328 g/mol. The second kappa shape index (κ2) is 7.28. The van der Waals surface area contributed by atoms with Gasteiger partial charge in [-0.05, 0) is 73.8 Å². The van der Waals surface area contributed by atoms with Crippen molar-refractivity contribution in [1.82, 2.24) is 10.2 Å². The van der Waals surface area contributed by atoms with Gasteiger partial charge in [0.15, 0.2) is 0 Å². The molecular formula is C19H24N2OS. The molecule has 3 nitrogen and oxygen atoms in total. The maximum absolute atomic E-state index is 12.6. The molecular weight excluding hydrogens is 304 g/mol. The van der Waals surface area contributed by atoms with Gasteiger partial charge in [0, 0.05) is 12.1 Å². The highest BCUT2D eigenvalue weighted by Crippen LogP contribution is 2.26. The Kier molecular flexibility index (Phi) is 5.13. The summed E-state index contributed by atoms with van der Waals surface area (Å²) in [5.41, 5.74) is 4.25. The molecule has 1 fully saturated rings. The summed E-state index contributed by atoms with van der Waals surface area (Å²) >= 11 is 1.72. The molecule has 1 saturated heterocycles. The number of rotatable bonds is 5. The van der Waals surface area contributed by atoms with Crippen LogP contribution in [-0.2, 0) is 0 Å². The lowest BCUT2D eigenvalue weighted by atomic mass is 10.0. The van der Waals surface area contributed by atoms with Gasteiger partial charge in [0.05, 0.1) is 6.04 Å². The lowest BCUT2D eigenvalue weighted by Crippen LogP contribution is -2.36.